The molecule has 5 aromatic rings. The number of para-hydroxylation sites is 1. The van der Waals surface area contributed by atoms with Crippen molar-refractivity contribution in [1.29, 1.82) is 0 Å². The minimum atomic E-state index is -0.131. The first kappa shape index (κ1) is 32.1. The van der Waals surface area contributed by atoms with Gasteiger partial charge in [0, 0.05) is 60.6 Å². The average Bonchev–Trinajstić information content (AvgIpc) is 4.11. The number of amides is 3. The largest absolute Gasteiger partial charge is 0.494 e. The van der Waals surface area contributed by atoms with Gasteiger partial charge in [-0.25, -0.2) is 14.5 Å². The number of nitrogens with zero attached hydrogens (tertiary/aromatic N) is 6. The molecule has 0 unspecified atom stereocenters. The Labute approximate surface area is 299 Å². The van der Waals surface area contributed by atoms with Gasteiger partial charge in [-0.2, -0.15) is 0 Å². The van der Waals surface area contributed by atoms with E-state index in [-0.39, 0.29) is 29.1 Å². The molecule has 264 valence electrons. The fourth-order valence-electron chi connectivity index (χ4n) is 7.42. The van der Waals surface area contributed by atoms with Gasteiger partial charge in [0.15, 0.2) is 11.5 Å². The van der Waals surface area contributed by atoms with Crippen LogP contribution in [0.3, 0.4) is 0 Å². The molecule has 2 aliphatic heterocycles. The minimum Gasteiger partial charge on any atom is -0.494 e. The summed E-state index contributed by atoms with van der Waals surface area (Å²) in [4.78, 5) is 52.4. The van der Waals surface area contributed by atoms with Crippen molar-refractivity contribution < 1.29 is 23.9 Å². The predicted molar refractivity (Wildman–Crippen MR) is 193 cm³/mol. The Morgan fingerprint density at radius 2 is 1.83 bits per heavy atom. The summed E-state index contributed by atoms with van der Waals surface area (Å²) >= 11 is 0. The lowest BCUT2D eigenvalue weighted by molar-refractivity contribution is -0.117. The number of anilines is 3. The monoisotopic (exact) mass is 698 g/mol. The number of imidazole rings is 1. The van der Waals surface area contributed by atoms with Crippen LogP contribution in [-0.2, 0) is 21.5 Å². The second kappa shape index (κ2) is 12.7. The first-order valence-electron chi connectivity index (χ1n) is 17.8. The lowest BCUT2D eigenvalue weighted by Gasteiger charge is -2.35. The Bertz CT molecular complexity index is 2240. The summed E-state index contributed by atoms with van der Waals surface area (Å²) in [6.07, 6.45) is 7.17. The summed E-state index contributed by atoms with van der Waals surface area (Å²) in [7, 11) is 1.64. The Hall–Kier alpha value is -5.82. The summed E-state index contributed by atoms with van der Waals surface area (Å²) in [5.41, 5.74) is 6.52. The van der Waals surface area contributed by atoms with Crippen LogP contribution in [0.5, 0.6) is 5.75 Å². The van der Waals surface area contributed by atoms with E-state index in [1.54, 1.807) is 41.1 Å². The van der Waals surface area contributed by atoms with Gasteiger partial charge in [0.25, 0.3) is 11.8 Å². The van der Waals surface area contributed by atoms with Crippen LogP contribution in [0.1, 0.15) is 57.8 Å². The van der Waals surface area contributed by atoms with E-state index in [9.17, 15) is 14.4 Å². The van der Waals surface area contributed by atoms with Crippen LogP contribution in [0.2, 0.25) is 0 Å². The topological polar surface area (TPSA) is 143 Å². The van der Waals surface area contributed by atoms with Crippen molar-refractivity contribution in [1.82, 2.24) is 29.4 Å². The molecule has 52 heavy (non-hydrogen) atoms. The Morgan fingerprint density at radius 1 is 1.00 bits per heavy atom. The minimum absolute atomic E-state index is 0.0261. The van der Waals surface area contributed by atoms with Gasteiger partial charge in [-0.15, -0.1) is 5.10 Å². The molecule has 3 amide bonds. The number of hydrogen-bond donors (Lipinski definition) is 2. The van der Waals surface area contributed by atoms with E-state index in [1.165, 1.54) is 0 Å². The number of fused-ring (bicyclic) bond motifs is 3. The molecule has 3 fully saturated rings. The number of ether oxygens (including phenoxy) is 2. The molecule has 2 saturated carbocycles. The highest BCUT2D eigenvalue weighted by atomic mass is 16.5. The van der Waals surface area contributed by atoms with Crippen molar-refractivity contribution in [3.63, 3.8) is 0 Å². The van der Waals surface area contributed by atoms with Gasteiger partial charge in [0.2, 0.25) is 5.91 Å². The van der Waals surface area contributed by atoms with Crippen LogP contribution >= 0.6 is 0 Å². The van der Waals surface area contributed by atoms with Crippen LogP contribution in [0.25, 0.3) is 16.8 Å². The van der Waals surface area contributed by atoms with E-state index in [1.807, 2.05) is 47.4 Å². The zero-order valence-electron chi connectivity index (χ0n) is 28.8. The number of benzene rings is 2. The average molecular weight is 699 g/mol. The molecular weight excluding hydrogens is 660 g/mol. The molecule has 4 aliphatic rings. The maximum absolute atomic E-state index is 14.0. The molecule has 5 heterocycles. The van der Waals surface area contributed by atoms with Gasteiger partial charge >= 0.3 is 0 Å². The van der Waals surface area contributed by atoms with Crippen molar-refractivity contribution in [2.75, 3.05) is 50.6 Å². The van der Waals surface area contributed by atoms with E-state index in [2.05, 4.69) is 31.8 Å². The maximum atomic E-state index is 14.0. The van der Waals surface area contributed by atoms with E-state index in [4.69, 9.17) is 9.47 Å². The third-order valence-electron chi connectivity index (χ3n) is 10.5. The molecule has 2 N–H and O–H groups in total. The van der Waals surface area contributed by atoms with Gasteiger partial charge in [-0.05, 0) is 67.1 Å². The predicted octanol–water partition coefficient (Wildman–Crippen LogP) is 5.05. The summed E-state index contributed by atoms with van der Waals surface area (Å²) in [5.74, 6) is 0.942. The molecule has 1 spiro atoms. The highest BCUT2D eigenvalue weighted by molar-refractivity contribution is 5.99. The fourth-order valence-corrected chi connectivity index (χ4v) is 7.42. The maximum Gasteiger partial charge on any atom is 0.272 e. The van der Waals surface area contributed by atoms with E-state index >= 15 is 0 Å². The molecule has 13 heteroatoms. The molecule has 9 rings (SSSR count). The van der Waals surface area contributed by atoms with Crippen molar-refractivity contribution in [3.05, 3.63) is 95.6 Å². The normalized spacial score (nSPS) is 17.6. The van der Waals surface area contributed by atoms with Crippen molar-refractivity contribution in [2.24, 2.45) is 5.92 Å². The van der Waals surface area contributed by atoms with Crippen LogP contribution < -0.4 is 15.4 Å². The van der Waals surface area contributed by atoms with Crippen LogP contribution in [-0.4, -0.2) is 87.1 Å². The molecule has 0 atom stereocenters. The van der Waals surface area contributed by atoms with Gasteiger partial charge in [0.1, 0.15) is 11.4 Å². The smallest absolute Gasteiger partial charge is 0.272 e. The number of rotatable bonds is 9. The standard InChI is InChI=1S/C39H38N8O5/c1-51-34-27(5-3-6-30(34)42-32-21-33(43-36(48)24-8-9-24)44-47-15-14-40-35(32)47)25-10-11-28-29(20-25)39(12-13-39)23-46(37(28)49)22-26-4-2-7-31(41-26)38(50)45-16-18-52-19-17-45/h2-7,10-11,14-15,20-21,24,42H,8-9,12-13,16-19,22-23H2,1H3,(H,43,44,48). The van der Waals surface area contributed by atoms with Crippen LogP contribution in [0.4, 0.5) is 17.2 Å². The van der Waals surface area contributed by atoms with E-state index in [0.29, 0.717) is 79.2 Å². The molecule has 2 aliphatic carbocycles. The summed E-state index contributed by atoms with van der Waals surface area (Å²) < 4.78 is 13.1. The van der Waals surface area contributed by atoms with Gasteiger partial charge < -0.3 is 29.9 Å². The zero-order chi connectivity index (χ0) is 35.4. The second-order valence-corrected chi connectivity index (χ2v) is 14.0. The Morgan fingerprint density at radius 3 is 2.62 bits per heavy atom. The summed E-state index contributed by atoms with van der Waals surface area (Å²) in [6.45, 7) is 3.06. The number of carbonyl (C=O) groups excluding carboxylic acids is 3. The van der Waals surface area contributed by atoms with E-state index < -0.39 is 0 Å². The van der Waals surface area contributed by atoms with Gasteiger partial charge in [-0.1, -0.05) is 24.3 Å². The highest BCUT2D eigenvalue weighted by Crippen LogP contribution is 2.53. The first-order valence-corrected chi connectivity index (χ1v) is 17.8. The SMILES string of the molecule is COc1c(Nc2cc(NC(=O)C3CC3)nn3ccnc23)cccc1-c1ccc2c(c1)C1(CC1)CN(Cc1cccc(C(=O)N3CCOCC3)n1)C2=O. The molecule has 2 aromatic carbocycles. The van der Waals surface area contributed by atoms with Gasteiger partial charge in [0.05, 0.1) is 43.9 Å². The molecule has 0 bridgehead atoms. The summed E-state index contributed by atoms with van der Waals surface area (Å²) in [6, 6.07) is 19.2. The van der Waals surface area contributed by atoms with Crippen LogP contribution in [0.15, 0.2) is 73.1 Å². The van der Waals surface area contributed by atoms with E-state index in [0.717, 1.165) is 48.1 Å². The van der Waals surface area contributed by atoms with Crippen molar-refractivity contribution >= 4 is 40.6 Å². The molecule has 13 nitrogen and oxygen atoms in total. The van der Waals surface area contributed by atoms with Crippen molar-refractivity contribution in [2.45, 2.75) is 37.6 Å². The second-order valence-electron chi connectivity index (χ2n) is 14.0. The summed E-state index contributed by atoms with van der Waals surface area (Å²) in [5, 5.41) is 10.9. The molecular formula is C39H38N8O5. The lowest BCUT2D eigenvalue weighted by Crippen LogP contribution is -2.43. The quantitative estimate of drug-likeness (QED) is 0.216. The zero-order valence-corrected chi connectivity index (χ0v) is 28.8. The lowest BCUT2D eigenvalue weighted by atomic mass is 9.84. The third kappa shape index (κ3) is 5.90. The number of methoxy groups -OCH3 is 1. The number of pyridine rings is 1. The number of aromatic nitrogens is 4. The third-order valence-corrected chi connectivity index (χ3v) is 10.5. The van der Waals surface area contributed by atoms with Gasteiger partial charge in [-0.3, -0.25) is 14.4 Å². The Kier molecular flexibility index (Phi) is 7.87. The Balaban J connectivity index is 0.983. The number of carbonyl (C=O) groups is 3. The molecule has 1 saturated heterocycles. The fraction of sp³-hybridized carbons (Fsp3) is 0.333. The number of hydrogen-bond acceptors (Lipinski definition) is 9. The number of morpholine rings is 1. The molecule has 3 aromatic heterocycles. The van der Waals surface area contributed by atoms with Crippen LogP contribution in [0, 0.1) is 5.92 Å². The number of nitrogens with one attached hydrogen (secondary N) is 2. The first-order chi connectivity index (χ1) is 25.4. The van der Waals surface area contributed by atoms with Crippen molar-refractivity contribution in [3.8, 4) is 16.9 Å². The highest BCUT2D eigenvalue weighted by Gasteiger charge is 2.51. The molecule has 0 radical (unpaired) electrons.